The molecule has 26 heavy (non-hydrogen) atoms. The summed E-state index contributed by atoms with van der Waals surface area (Å²) in [6.45, 7) is 0. The van der Waals surface area contributed by atoms with Crippen molar-refractivity contribution in [3.8, 4) is 0 Å². The molecule has 1 aromatic heterocycles. The number of aryl methyl sites for hydroxylation is 1. The van der Waals surface area contributed by atoms with Crippen molar-refractivity contribution in [3.63, 3.8) is 0 Å². The second-order valence-electron chi connectivity index (χ2n) is 6.71. The van der Waals surface area contributed by atoms with E-state index in [0.717, 1.165) is 36.8 Å². The highest BCUT2D eigenvalue weighted by atomic mass is 35.5. The van der Waals surface area contributed by atoms with Crippen molar-refractivity contribution < 1.29 is 13.2 Å². The van der Waals surface area contributed by atoms with Gasteiger partial charge in [-0.2, -0.15) is 0 Å². The molecule has 1 aromatic carbocycles. The van der Waals surface area contributed by atoms with Crippen molar-refractivity contribution in [2.24, 2.45) is 0 Å². The fourth-order valence-electron chi connectivity index (χ4n) is 3.16. The van der Waals surface area contributed by atoms with Gasteiger partial charge in [-0.25, -0.2) is 13.1 Å². The van der Waals surface area contributed by atoms with Crippen LogP contribution in [0.15, 0.2) is 41.6 Å². The Morgan fingerprint density at radius 3 is 2.73 bits per heavy atom. The molecule has 1 amide bonds. The van der Waals surface area contributed by atoms with Gasteiger partial charge < -0.3 is 5.32 Å². The fourth-order valence-corrected chi connectivity index (χ4v) is 4.64. The Bertz CT molecular complexity index is 973. The molecule has 2 aromatic rings. The van der Waals surface area contributed by atoms with Crippen LogP contribution in [0.25, 0.3) is 0 Å². The van der Waals surface area contributed by atoms with E-state index < -0.39 is 10.0 Å². The van der Waals surface area contributed by atoms with Crippen LogP contribution in [-0.2, 0) is 16.4 Å². The summed E-state index contributed by atoms with van der Waals surface area (Å²) < 4.78 is 27.2. The molecule has 1 heterocycles. The maximum absolute atomic E-state index is 12.6. The van der Waals surface area contributed by atoms with Crippen LogP contribution in [-0.4, -0.2) is 25.4 Å². The lowest BCUT2D eigenvalue weighted by Crippen LogP contribution is -2.29. The van der Waals surface area contributed by atoms with Crippen LogP contribution >= 0.6 is 11.6 Å². The lowest BCUT2D eigenvalue weighted by molar-refractivity contribution is 0.0936. The van der Waals surface area contributed by atoms with E-state index in [1.165, 1.54) is 18.5 Å². The third kappa shape index (κ3) is 3.60. The summed E-state index contributed by atoms with van der Waals surface area (Å²) in [7, 11) is -3.64. The zero-order chi connectivity index (χ0) is 18.3. The van der Waals surface area contributed by atoms with Crippen molar-refractivity contribution in [2.75, 3.05) is 0 Å². The first-order valence-corrected chi connectivity index (χ1v) is 10.3. The van der Waals surface area contributed by atoms with Crippen LogP contribution in [0.5, 0.6) is 0 Å². The molecule has 0 saturated heterocycles. The Morgan fingerprint density at radius 1 is 1.15 bits per heavy atom. The average Bonchev–Trinajstić information content (AvgIpc) is 3.33. The van der Waals surface area contributed by atoms with Gasteiger partial charge in [0.2, 0.25) is 10.0 Å². The predicted molar refractivity (Wildman–Crippen MR) is 97.6 cm³/mol. The highest BCUT2D eigenvalue weighted by Crippen LogP contribution is 2.33. The molecule has 0 aliphatic heterocycles. The summed E-state index contributed by atoms with van der Waals surface area (Å²) in [5.41, 5.74) is 2.41. The number of nitrogens with zero attached hydrogens (tertiary/aromatic N) is 1. The maximum atomic E-state index is 12.6. The number of carbonyl (C=O) groups excluding carboxylic acids is 1. The van der Waals surface area contributed by atoms with Gasteiger partial charge in [-0.15, -0.1) is 0 Å². The first kappa shape index (κ1) is 17.5. The lowest BCUT2D eigenvalue weighted by Gasteiger charge is -2.14. The molecular weight excluding hydrogens is 374 g/mol. The minimum atomic E-state index is -3.64. The molecule has 6 nitrogen and oxygen atoms in total. The molecule has 0 bridgehead atoms. The standard InChI is InChI=1S/C18H18ClN3O3S/c19-13-2-5-16-11(7-13)1-6-17(16)21-18(23)12-8-15(10-20-9-12)26(24,25)22-14-3-4-14/h2,5,7-10,14,17,22H,1,3-4,6H2,(H,21,23). The van der Waals surface area contributed by atoms with Gasteiger partial charge in [-0.05, 0) is 55.0 Å². The summed E-state index contributed by atoms with van der Waals surface area (Å²) in [5, 5.41) is 3.65. The van der Waals surface area contributed by atoms with E-state index in [9.17, 15) is 13.2 Å². The quantitative estimate of drug-likeness (QED) is 0.819. The molecule has 2 N–H and O–H groups in total. The Kier molecular flexibility index (Phi) is 4.46. The monoisotopic (exact) mass is 391 g/mol. The number of rotatable bonds is 5. The molecule has 1 atom stereocenters. The number of hydrogen-bond acceptors (Lipinski definition) is 4. The number of benzene rings is 1. The van der Waals surface area contributed by atoms with Crippen LogP contribution in [0.2, 0.25) is 5.02 Å². The lowest BCUT2D eigenvalue weighted by atomic mass is 10.1. The summed E-state index contributed by atoms with van der Waals surface area (Å²) in [5.74, 6) is -0.339. The Hall–Kier alpha value is -1.96. The predicted octanol–water partition coefficient (Wildman–Crippen LogP) is 2.59. The van der Waals surface area contributed by atoms with Gasteiger partial charge in [-0.1, -0.05) is 17.7 Å². The number of sulfonamides is 1. The number of halogens is 1. The van der Waals surface area contributed by atoms with E-state index in [1.807, 2.05) is 18.2 Å². The molecule has 8 heteroatoms. The van der Waals surface area contributed by atoms with Crippen molar-refractivity contribution in [3.05, 3.63) is 58.4 Å². The normalized spacial score (nSPS) is 19.2. The minimum Gasteiger partial charge on any atom is -0.345 e. The molecule has 2 aliphatic rings. The zero-order valence-corrected chi connectivity index (χ0v) is 15.5. The summed E-state index contributed by atoms with van der Waals surface area (Å²) >= 11 is 6.01. The smallest absolute Gasteiger partial charge is 0.253 e. The van der Waals surface area contributed by atoms with Gasteiger partial charge in [0.25, 0.3) is 5.91 Å². The number of pyridine rings is 1. The minimum absolute atomic E-state index is 0.000651. The zero-order valence-electron chi connectivity index (χ0n) is 13.9. The van der Waals surface area contributed by atoms with Gasteiger partial charge >= 0.3 is 0 Å². The van der Waals surface area contributed by atoms with E-state index in [0.29, 0.717) is 5.02 Å². The van der Waals surface area contributed by atoms with Gasteiger partial charge in [-0.3, -0.25) is 9.78 Å². The van der Waals surface area contributed by atoms with E-state index in [-0.39, 0.29) is 28.4 Å². The summed E-state index contributed by atoms with van der Waals surface area (Å²) in [6.07, 6.45) is 5.96. The molecular formula is C18H18ClN3O3S. The molecule has 1 fully saturated rings. The SMILES string of the molecule is O=C(NC1CCc2cc(Cl)ccc21)c1cncc(S(=O)(=O)NC2CC2)c1. The fraction of sp³-hybridized carbons (Fsp3) is 0.333. The van der Waals surface area contributed by atoms with Gasteiger partial charge in [0.15, 0.2) is 0 Å². The second-order valence-corrected chi connectivity index (χ2v) is 8.86. The summed E-state index contributed by atoms with van der Waals surface area (Å²) in [6, 6.07) is 6.91. The number of carbonyl (C=O) groups is 1. The van der Waals surface area contributed by atoms with Crippen molar-refractivity contribution >= 4 is 27.5 Å². The largest absolute Gasteiger partial charge is 0.345 e. The van der Waals surface area contributed by atoms with Crippen molar-refractivity contribution in [1.82, 2.24) is 15.0 Å². The van der Waals surface area contributed by atoms with Gasteiger partial charge in [0.1, 0.15) is 4.90 Å². The van der Waals surface area contributed by atoms with E-state index >= 15 is 0 Å². The van der Waals surface area contributed by atoms with E-state index in [1.54, 1.807) is 0 Å². The van der Waals surface area contributed by atoms with Crippen LogP contribution < -0.4 is 10.0 Å². The molecule has 136 valence electrons. The van der Waals surface area contributed by atoms with Gasteiger partial charge in [0.05, 0.1) is 11.6 Å². The molecule has 0 spiro atoms. The maximum Gasteiger partial charge on any atom is 0.253 e. The molecule has 4 rings (SSSR count). The van der Waals surface area contributed by atoms with E-state index in [2.05, 4.69) is 15.0 Å². The third-order valence-electron chi connectivity index (χ3n) is 4.67. The highest BCUT2D eigenvalue weighted by molar-refractivity contribution is 7.89. The van der Waals surface area contributed by atoms with E-state index in [4.69, 9.17) is 11.6 Å². The van der Waals surface area contributed by atoms with Gasteiger partial charge in [0, 0.05) is 23.5 Å². The van der Waals surface area contributed by atoms with Crippen LogP contribution in [0.3, 0.4) is 0 Å². The number of nitrogens with one attached hydrogen (secondary N) is 2. The van der Waals surface area contributed by atoms with Crippen LogP contribution in [0.4, 0.5) is 0 Å². The molecule has 1 saturated carbocycles. The third-order valence-corrected chi connectivity index (χ3v) is 6.40. The van der Waals surface area contributed by atoms with Crippen molar-refractivity contribution in [1.29, 1.82) is 0 Å². The summed E-state index contributed by atoms with van der Waals surface area (Å²) in [4.78, 5) is 16.5. The van der Waals surface area contributed by atoms with Crippen molar-refractivity contribution in [2.45, 2.75) is 42.7 Å². The Balaban J connectivity index is 1.52. The number of amides is 1. The number of hydrogen-bond donors (Lipinski definition) is 2. The average molecular weight is 392 g/mol. The second kappa shape index (κ2) is 6.64. The topological polar surface area (TPSA) is 88.2 Å². The Labute approximate surface area is 157 Å². The number of fused-ring (bicyclic) bond motifs is 1. The van der Waals surface area contributed by atoms with Crippen LogP contribution in [0.1, 0.15) is 46.8 Å². The molecule has 0 radical (unpaired) electrons. The highest BCUT2D eigenvalue weighted by Gasteiger charge is 2.29. The molecule has 1 unspecified atom stereocenters. The first-order valence-electron chi connectivity index (χ1n) is 8.49. The molecule has 2 aliphatic carbocycles. The Morgan fingerprint density at radius 2 is 1.96 bits per heavy atom. The number of aromatic nitrogens is 1. The first-order chi connectivity index (χ1) is 12.4. The van der Waals surface area contributed by atoms with Crippen LogP contribution in [0, 0.1) is 0 Å².